The van der Waals surface area contributed by atoms with Gasteiger partial charge in [0, 0.05) is 30.9 Å². The van der Waals surface area contributed by atoms with Crippen molar-refractivity contribution < 1.29 is 9.59 Å². The van der Waals surface area contributed by atoms with Gasteiger partial charge < -0.3 is 15.5 Å². The van der Waals surface area contributed by atoms with Crippen molar-refractivity contribution >= 4 is 17.5 Å². The van der Waals surface area contributed by atoms with E-state index >= 15 is 0 Å². The molecule has 5 nitrogen and oxygen atoms in total. The van der Waals surface area contributed by atoms with E-state index in [1.165, 1.54) is 32.1 Å². The summed E-state index contributed by atoms with van der Waals surface area (Å²) in [5.74, 6) is 0.0816. The maximum absolute atomic E-state index is 12.6. The van der Waals surface area contributed by atoms with Gasteiger partial charge in [-0.05, 0) is 43.9 Å². The van der Waals surface area contributed by atoms with Crippen LogP contribution in [0.3, 0.4) is 0 Å². The molecule has 0 unspecified atom stereocenters. The van der Waals surface area contributed by atoms with E-state index in [4.69, 9.17) is 0 Å². The Balaban J connectivity index is 1.72. The fourth-order valence-corrected chi connectivity index (χ4v) is 3.24. The quantitative estimate of drug-likeness (QED) is 0.625. The average molecular weight is 360 g/mol. The maximum Gasteiger partial charge on any atom is 0.253 e. The van der Waals surface area contributed by atoms with Crippen molar-refractivity contribution in [3.8, 4) is 0 Å². The Labute approximate surface area is 157 Å². The number of likely N-dealkylation sites (tertiary alicyclic amines) is 1. The fraction of sp³-hybridized carbons (Fsp3) is 0.619. The zero-order valence-electron chi connectivity index (χ0n) is 16.1. The van der Waals surface area contributed by atoms with Gasteiger partial charge in [-0.25, -0.2) is 0 Å². The number of anilines is 1. The number of carbonyl (C=O) groups is 2. The second kappa shape index (κ2) is 11.6. The third kappa shape index (κ3) is 7.06. The van der Waals surface area contributed by atoms with E-state index in [0.717, 1.165) is 44.6 Å². The van der Waals surface area contributed by atoms with E-state index in [2.05, 4.69) is 17.6 Å². The van der Waals surface area contributed by atoms with Gasteiger partial charge >= 0.3 is 0 Å². The van der Waals surface area contributed by atoms with E-state index in [1.54, 1.807) is 0 Å². The average Bonchev–Trinajstić information content (AvgIpc) is 2.69. The largest absolute Gasteiger partial charge is 0.376 e. The second-order valence-electron chi connectivity index (χ2n) is 7.05. The Morgan fingerprint density at radius 1 is 1.04 bits per heavy atom. The van der Waals surface area contributed by atoms with Crippen LogP contribution < -0.4 is 10.6 Å². The van der Waals surface area contributed by atoms with Crippen LogP contribution in [0, 0.1) is 0 Å². The maximum atomic E-state index is 12.6. The molecule has 2 rings (SSSR count). The van der Waals surface area contributed by atoms with Crippen LogP contribution in [0.15, 0.2) is 24.3 Å². The highest BCUT2D eigenvalue weighted by atomic mass is 16.2. The summed E-state index contributed by atoms with van der Waals surface area (Å²) < 4.78 is 0. The van der Waals surface area contributed by atoms with Gasteiger partial charge in [-0.15, -0.1) is 0 Å². The van der Waals surface area contributed by atoms with Gasteiger partial charge in [0.05, 0.1) is 6.54 Å². The van der Waals surface area contributed by atoms with Gasteiger partial charge in [-0.3, -0.25) is 9.59 Å². The first-order valence-corrected chi connectivity index (χ1v) is 10.1. The first kappa shape index (κ1) is 20.3. The molecule has 1 fully saturated rings. The summed E-state index contributed by atoms with van der Waals surface area (Å²) in [5, 5.41) is 6.06. The summed E-state index contributed by atoms with van der Waals surface area (Å²) >= 11 is 0. The molecule has 26 heavy (non-hydrogen) atoms. The van der Waals surface area contributed by atoms with Crippen LogP contribution in [0.25, 0.3) is 0 Å². The Morgan fingerprint density at radius 3 is 2.58 bits per heavy atom. The molecule has 0 spiro atoms. The molecular weight excluding hydrogens is 326 g/mol. The van der Waals surface area contributed by atoms with Gasteiger partial charge in [0.1, 0.15) is 0 Å². The van der Waals surface area contributed by atoms with Gasteiger partial charge in [-0.2, -0.15) is 0 Å². The van der Waals surface area contributed by atoms with Crippen LogP contribution in [-0.4, -0.2) is 42.9 Å². The minimum Gasteiger partial charge on any atom is -0.376 e. The van der Waals surface area contributed by atoms with Crippen LogP contribution in [0.2, 0.25) is 0 Å². The predicted octanol–water partition coefficient (Wildman–Crippen LogP) is 3.81. The Hall–Kier alpha value is -2.04. The van der Waals surface area contributed by atoms with E-state index in [0.29, 0.717) is 5.56 Å². The standard InChI is InChI=1S/C21H33N3O2/c1-2-3-4-5-7-13-22-20(25)17-23-19-12-10-11-18(16-19)21(26)24-14-8-6-9-15-24/h10-12,16,23H,2-9,13-15,17H2,1H3,(H,22,25). The lowest BCUT2D eigenvalue weighted by molar-refractivity contribution is -0.119. The molecule has 0 radical (unpaired) electrons. The molecular formula is C21H33N3O2. The molecule has 1 heterocycles. The number of piperidine rings is 1. The number of unbranched alkanes of at least 4 members (excludes halogenated alkanes) is 4. The number of rotatable bonds is 10. The van der Waals surface area contributed by atoms with Crippen LogP contribution in [0.5, 0.6) is 0 Å². The summed E-state index contributed by atoms with van der Waals surface area (Å²) in [7, 11) is 0. The number of nitrogens with one attached hydrogen (secondary N) is 2. The molecule has 1 aromatic carbocycles. The van der Waals surface area contributed by atoms with Crippen molar-refractivity contribution in [3.05, 3.63) is 29.8 Å². The molecule has 2 N–H and O–H groups in total. The van der Waals surface area contributed by atoms with Crippen molar-refractivity contribution in [1.29, 1.82) is 0 Å². The summed E-state index contributed by atoms with van der Waals surface area (Å²) in [5.41, 5.74) is 1.50. The van der Waals surface area contributed by atoms with E-state index < -0.39 is 0 Å². The lowest BCUT2D eigenvalue weighted by Crippen LogP contribution is -2.35. The van der Waals surface area contributed by atoms with Crippen LogP contribution >= 0.6 is 0 Å². The second-order valence-corrected chi connectivity index (χ2v) is 7.05. The number of carbonyl (C=O) groups excluding carboxylic acids is 2. The van der Waals surface area contributed by atoms with Gasteiger partial charge in [0.2, 0.25) is 5.91 Å². The molecule has 0 bridgehead atoms. The normalized spacial score (nSPS) is 14.1. The van der Waals surface area contributed by atoms with E-state index in [9.17, 15) is 9.59 Å². The van der Waals surface area contributed by atoms with Gasteiger partial charge in [0.15, 0.2) is 0 Å². The zero-order valence-corrected chi connectivity index (χ0v) is 16.1. The molecule has 1 aliphatic rings. The Bertz CT molecular complexity index is 568. The van der Waals surface area contributed by atoms with Crippen molar-refractivity contribution in [2.45, 2.75) is 58.3 Å². The van der Waals surface area contributed by atoms with Crippen molar-refractivity contribution in [2.75, 3.05) is 31.5 Å². The summed E-state index contributed by atoms with van der Waals surface area (Å²) in [6, 6.07) is 7.45. The lowest BCUT2D eigenvalue weighted by atomic mass is 10.1. The fourth-order valence-electron chi connectivity index (χ4n) is 3.24. The summed E-state index contributed by atoms with van der Waals surface area (Å²) in [6.45, 7) is 4.85. The van der Waals surface area contributed by atoms with Crippen LogP contribution in [0.4, 0.5) is 5.69 Å². The number of nitrogens with zero attached hydrogens (tertiary/aromatic N) is 1. The number of amides is 2. The molecule has 2 amide bonds. The highest BCUT2D eigenvalue weighted by molar-refractivity contribution is 5.95. The first-order valence-electron chi connectivity index (χ1n) is 10.1. The highest BCUT2D eigenvalue weighted by Gasteiger charge is 2.18. The van der Waals surface area contributed by atoms with Crippen molar-refractivity contribution in [1.82, 2.24) is 10.2 Å². The SMILES string of the molecule is CCCCCCCNC(=O)CNc1cccc(C(=O)N2CCCCC2)c1. The monoisotopic (exact) mass is 359 g/mol. The predicted molar refractivity (Wildman–Crippen MR) is 106 cm³/mol. The molecule has 0 atom stereocenters. The van der Waals surface area contributed by atoms with Crippen LogP contribution in [0.1, 0.15) is 68.6 Å². The number of hydrogen-bond donors (Lipinski definition) is 2. The first-order chi connectivity index (χ1) is 12.7. The minimum absolute atomic E-state index is 0.00625. The molecule has 1 aromatic rings. The van der Waals surface area contributed by atoms with Crippen LogP contribution in [-0.2, 0) is 4.79 Å². The molecule has 0 aliphatic carbocycles. The minimum atomic E-state index is -0.00625. The zero-order chi connectivity index (χ0) is 18.6. The molecule has 1 saturated heterocycles. The lowest BCUT2D eigenvalue weighted by Gasteiger charge is -2.26. The molecule has 0 saturated carbocycles. The number of hydrogen-bond acceptors (Lipinski definition) is 3. The third-order valence-electron chi connectivity index (χ3n) is 4.81. The Kier molecular flexibility index (Phi) is 9.01. The van der Waals surface area contributed by atoms with Crippen molar-refractivity contribution in [2.24, 2.45) is 0 Å². The molecule has 1 aliphatic heterocycles. The molecule has 5 heteroatoms. The topological polar surface area (TPSA) is 61.4 Å². The van der Waals surface area contributed by atoms with E-state index in [1.807, 2.05) is 29.2 Å². The van der Waals surface area contributed by atoms with Gasteiger partial charge in [-0.1, -0.05) is 38.7 Å². The summed E-state index contributed by atoms with van der Waals surface area (Å²) in [6.07, 6.45) is 9.32. The molecule has 0 aromatic heterocycles. The molecule has 144 valence electrons. The van der Waals surface area contributed by atoms with Gasteiger partial charge in [0.25, 0.3) is 5.91 Å². The van der Waals surface area contributed by atoms with Crippen molar-refractivity contribution in [3.63, 3.8) is 0 Å². The Morgan fingerprint density at radius 2 is 1.81 bits per heavy atom. The smallest absolute Gasteiger partial charge is 0.253 e. The third-order valence-corrected chi connectivity index (χ3v) is 4.81. The van der Waals surface area contributed by atoms with E-state index in [-0.39, 0.29) is 18.4 Å². The summed E-state index contributed by atoms with van der Waals surface area (Å²) in [4.78, 5) is 26.4. The number of benzene rings is 1. The highest BCUT2D eigenvalue weighted by Crippen LogP contribution is 2.16.